The van der Waals surface area contributed by atoms with Crippen LogP contribution in [-0.2, 0) is 31.2 Å². The summed E-state index contributed by atoms with van der Waals surface area (Å²) in [5.41, 5.74) is -0.0537. The number of sulfonamides is 2. The number of halogens is 2. The molecule has 0 saturated carbocycles. The minimum Gasteiger partial charge on any atom is -0.780 e. The standard InChI is InChI=1S/C13H20Cl2N3O9PS2.2Na/c1-16(9-10-8-11(15)4-5-12(10)27-28(20,21)22)13(19)18(30(3,25)26)17(7-6-14)29(2,23)24;;/h4-5,8H,6-7,9H2,1-3H3,(H2,20,21,22);;/q;2*+1/p-2. The van der Waals surface area contributed by atoms with Gasteiger partial charge in [0.25, 0.3) is 10.0 Å². The van der Waals surface area contributed by atoms with Gasteiger partial charge in [-0.15, -0.1) is 16.0 Å². The Kier molecular flexibility index (Phi) is 15.1. The molecule has 0 radical (unpaired) electrons. The molecule has 1 aromatic rings. The van der Waals surface area contributed by atoms with Crippen molar-refractivity contribution in [1.29, 1.82) is 0 Å². The number of nitrogens with zero attached hydrogens (tertiary/aromatic N) is 3. The van der Waals surface area contributed by atoms with Crippen LogP contribution in [0.5, 0.6) is 5.75 Å². The molecular weight excluding hydrogens is 554 g/mol. The Bertz CT molecular complexity index is 1060. The van der Waals surface area contributed by atoms with Gasteiger partial charge in [-0.1, -0.05) is 16.0 Å². The number of benzene rings is 1. The number of urea groups is 1. The molecule has 0 N–H and O–H groups in total. The zero-order valence-corrected chi connectivity index (χ0v) is 25.9. The van der Waals surface area contributed by atoms with Gasteiger partial charge in [0.2, 0.25) is 10.0 Å². The monoisotopic (exact) mass is 571 g/mol. The van der Waals surface area contributed by atoms with Crippen LogP contribution in [0.3, 0.4) is 0 Å². The summed E-state index contributed by atoms with van der Waals surface area (Å²) in [4.78, 5) is 35.4. The SMILES string of the molecule is CN(Cc1cc(Cl)ccc1OP(=O)([O-])[O-])C(=O)N(N(CCCl)S(C)(=O)=O)S(C)(=O)=O.[Na+].[Na+]. The molecule has 0 spiro atoms. The van der Waals surface area contributed by atoms with Crippen molar-refractivity contribution in [2.24, 2.45) is 0 Å². The van der Waals surface area contributed by atoms with Crippen molar-refractivity contribution >= 4 is 57.1 Å². The second kappa shape index (κ2) is 13.8. The third-order valence-corrected chi connectivity index (χ3v) is 6.33. The molecule has 0 fully saturated rings. The molecule has 0 unspecified atom stereocenters. The topological polar surface area (TPSA) is 167 Å². The Balaban J connectivity index is 0. The first-order valence-electron chi connectivity index (χ1n) is 7.76. The van der Waals surface area contributed by atoms with E-state index < -0.39 is 52.7 Å². The van der Waals surface area contributed by atoms with Crippen LogP contribution in [0.15, 0.2) is 18.2 Å². The van der Waals surface area contributed by atoms with Crippen molar-refractivity contribution in [1.82, 2.24) is 13.7 Å². The van der Waals surface area contributed by atoms with Crippen LogP contribution in [0.25, 0.3) is 0 Å². The quantitative estimate of drug-likeness (QED) is 0.121. The molecule has 0 bridgehead atoms. The molecule has 0 aliphatic heterocycles. The van der Waals surface area contributed by atoms with Crippen molar-refractivity contribution in [2.75, 3.05) is 32.0 Å². The van der Waals surface area contributed by atoms with Gasteiger partial charge >= 0.3 is 65.1 Å². The van der Waals surface area contributed by atoms with Crippen molar-refractivity contribution < 1.29 is 99.6 Å². The van der Waals surface area contributed by atoms with E-state index >= 15 is 0 Å². The van der Waals surface area contributed by atoms with E-state index in [9.17, 15) is 36.0 Å². The molecule has 0 saturated heterocycles. The summed E-state index contributed by atoms with van der Waals surface area (Å²) in [6.07, 6.45) is 1.30. The van der Waals surface area contributed by atoms with Gasteiger partial charge in [-0.3, -0.25) is 0 Å². The summed E-state index contributed by atoms with van der Waals surface area (Å²) in [6, 6.07) is 2.19. The van der Waals surface area contributed by atoms with Crippen molar-refractivity contribution in [3.8, 4) is 5.75 Å². The first kappa shape index (κ1) is 35.0. The van der Waals surface area contributed by atoms with E-state index in [1.165, 1.54) is 12.1 Å². The molecule has 1 aromatic carbocycles. The van der Waals surface area contributed by atoms with Gasteiger partial charge in [0.05, 0.1) is 19.1 Å². The molecule has 0 atom stereocenters. The van der Waals surface area contributed by atoms with Crippen molar-refractivity contribution in [3.63, 3.8) is 0 Å². The van der Waals surface area contributed by atoms with E-state index in [1.807, 2.05) is 0 Å². The molecule has 0 heterocycles. The van der Waals surface area contributed by atoms with E-state index in [4.69, 9.17) is 23.2 Å². The van der Waals surface area contributed by atoms with Crippen LogP contribution in [-0.4, -0.2) is 68.6 Å². The van der Waals surface area contributed by atoms with E-state index in [2.05, 4.69) is 4.52 Å². The second-order valence-electron chi connectivity index (χ2n) is 5.93. The molecule has 1 rings (SSSR count). The largest absolute Gasteiger partial charge is 1.00 e. The number of carbonyl (C=O) groups excluding carboxylic acids is 1. The number of rotatable bonds is 9. The number of hydrogen-bond acceptors (Lipinski definition) is 9. The summed E-state index contributed by atoms with van der Waals surface area (Å²) < 4.78 is 63.9. The summed E-state index contributed by atoms with van der Waals surface area (Å²) in [6.45, 7) is -1.01. The number of hydrogen-bond donors (Lipinski definition) is 0. The van der Waals surface area contributed by atoms with Gasteiger partial charge in [0.15, 0.2) is 0 Å². The van der Waals surface area contributed by atoms with Gasteiger partial charge in [-0.2, -0.15) is 0 Å². The molecule has 2 amide bonds. The predicted octanol–water partition coefficient (Wildman–Crippen LogP) is -6.22. The van der Waals surface area contributed by atoms with Gasteiger partial charge < -0.3 is 23.8 Å². The van der Waals surface area contributed by atoms with Crippen LogP contribution >= 0.6 is 31.0 Å². The number of hydrazine groups is 1. The van der Waals surface area contributed by atoms with Crippen LogP contribution in [0, 0.1) is 0 Å². The number of carbonyl (C=O) groups is 1. The minimum atomic E-state index is -5.44. The molecule has 172 valence electrons. The van der Waals surface area contributed by atoms with Gasteiger partial charge in [-0.05, 0) is 18.2 Å². The summed E-state index contributed by atoms with van der Waals surface area (Å²) in [7, 11) is -13.0. The molecule has 12 nitrogen and oxygen atoms in total. The molecule has 32 heavy (non-hydrogen) atoms. The summed E-state index contributed by atoms with van der Waals surface area (Å²) in [5.74, 6) is -0.746. The van der Waals surface area contributed by atoms with Crippen LogP contribution in [0.4, 0.5) is 4.79 Å². The van der Waals surface area contributed by atoms with Crippen molar-refractivity contribution in [2.45, 2.75) is 6.54 Å². The minimum absolute atomic E-state index is 0. The van der Waals surface area contributed by atoms with Crippen LogP contribution in [0.2, 0.25) is 5.02 Å². The zero-order chi connectivity index (χ0) is 23.5. The van der Waals surface area contributed by atoms with Crippen LogP contribution < -0.4 is 73.4 Å². The molecule has 0 aliphatic rings. The third kappa shape index (κ3) is 11.1. The van der Waals surface area contributed by atoms with Gasteiger partial charge in [0, 0.05) is 30.1 Å². The molecule has 19 heteroatoms. The summed E-state index contributed by atoms with van der Waals surface area (Å²) >= 11 is 11.4. The van der Waals surface area contributed by atoms with E-state index in [1.54, 1.807) is 0 Å². The first-order chi connectivity index (χ1) is 13.5. The van der Waals surface area contributed by atoms with Gasteiger partial charge in [-0.25, -0.2) is 21.6 Å². The maximum atomic E-state index is 12.8. The Hall–Kier alpha value is 0.880. The van der Waals surface area contributed by atoms with E-state index in [0.717, 1.165) is 18.0 Å². The molecule has 0 aliphatic carbocycles. The Morgan fingerprint density at radius 3 is 2.06 bits per heavy atom. The fraction of sp³-hybridized carbons (Fsp3) is 0.462. The van der Waals surface area contributed by atoms with E-state index in [0.29, 0.717) is 12.5 Å². The van der Waals surface area contributed by atoms with Crippen molar-refractivity contribution in [3.05, 3.63) is 28.8 Å². The normalized spacial score (nSPS) is 11.9. The average molecular weight is 572 g/mol. The Morgan fingerprint density at radius 2 is 1.66 bits per heavy atom. The molecule has 0 aromatic heterocycles. The van der Waals surface area contributed by atoms with Gasteiger partial charge in [0.1, 0.15) is 13.6 Å². The Labute approximate surface area is 241 Å². The Morgan fingerprint density at radius 1 is 1.12 bits per heavy atom. The number of phosphoric ester groups is 1. The maximum Gasteiger partial charge on any atom is 1.00 e. The number of alkyl halides is 1. The van der Waals surface area contributed by atoms with E-state index in [-0.39, 0.29) is 84.4 Å². The first-order valence-corrected chi connectivity index (χ1v) is 13.8. The fourth-order valence-corrected chi connectivity index (χ4v) is 5.42. The number of phosphoric acid groups is 1. The third-order valence-electron chi connectivity index (χ3n) is 3.31. The maximum absolute atomic E-state index is 12.8. The smallest absolute Gasteiger partial charge is 0.780 e. The predicted molar refractivity (Wildman–Crippen MR) is 106 cm³/mol. The van der Waals surface area contributed by atoms with Crippen LogP contribution in [0.1, 0.15) is 5.56 Å². The molecular formula is C13H18Cl2N3Na2O9PS2. The second-order valence-corrected chi connectivity index (χ2v) is 11.5. The average Bonchev–Trinajstić information content (AvgIpc) is 2.53. The number of amides is 2. The summed E-state index contributed by atoms with van der Waals surface area (Å²) in [5, 5.41) is 0.102. The fourth-order valence-electron chi connectivity index (χ4n) is 2.22. The zero-order valence-electron chi connectivity index (χ0n) is 17.9.